The Morgan fingerprint density at radius 2 is 1.96 bits per heavy atom. The molecule has 1 N–H and O–H groups in total. The lowest BCUT2D eigenvalue weighted by atomic mass is 10.3. The fraction of sp³-hybridized carbons (Fsp3) is 0.0625. The third-order valence-corrected chi connectivity index (χ3v) is 4.53. The zero-order valence-corrected chi connectivity index (χ0v) is 14.8. The van der Waals surface area contributed by atoms with Crippen LogP contribution < -0.4 is 5.32 Å². The average Bonchev–Trinajstić information content (AvgIpc) is 3.07. The molecule has 0 unspecified atom stereocenters. The number of carbonyl (C=O) groups excluding carboxylic acids is 1. The predicted molar refractivity (Wildman–Crippen MR) is 97.3 cm³/mol. The van der Waals surface area contributed by atoms with Crippen molar-refractivity contribution in [1.29, 1.82) is 0 Å². The molecule has 0 radical (unpaired) electrons. The lowest BCUT2D eigenvalue weighted by Gasteiger charge is -2.10. The summed E-state index contributed by atoms with van der Waals surface area (Å²) in [5, 5.41) is 17.6. The smallest absolute Gasteiger partial charge is 0.390 e. The van der Waals surface area contributed by atoms with Crippen LogP contribution in [0.4, 0.5) is 11.6 Å². The van der Waals surface area contributed by atoms with Gasteiger partial charge in [0.1, 0.15) is 6.54 Å². The lowest BCUT2D eigenvalue weighted by molar-refractivity contribution is -0.394. The maximum atomic E-state index is 12.2. The fourth-order valence-electron chi connectivity index (χ4n) is 2.07. The third kappa shape index (κ3) is 4.58. The van der Waals surface area contributed by atoms with Crippen LogP contribution in [-0.2, 0) is 11.3 Å². The summed E-state index contributed by atoms with van der Waals surface area (Å²) in [7, 11) is 0. The highest BCUT2D eigenvalue weighted by Gasteiger charge is 2.16. The molecule has 0 aliphatic heterocycles. The van der Waals surface area contributed by atoms with Crippen LogP contribution >= 0.6 is 23.4 Å². The standard InChI is InChI=1S/C16H12ClN5O3S/c17-11-5-7-12(8-6-11)26-14-4-2-1-3-13(14)19-15(23)9-21-10-18-16(20-21)22(24)25/h1-8,10H,9H2,(H,19,23). The number of halogens is 1. The van der Waals surface area contributed by atoms with E-state index in [0.717, 1.165) is 20.8 Å². The highest BCUT2D eigenvalue weighted by atomic mass is 35.5. The maximum absolute atomic E-state index is 12.2. The predicted octanol–water partition coefficient (Wildman–Crippen LogP) is 3.63. The molecule has 0 atom stereocenters. The summed E-state index contributed by atoms with van der Waals surface area (Å²) >= 11 is 7.37. The number of hydrogen-bond acceptors (Lipinski definition) is 6. The Hall–Kier alpha value is -2.91. The number of benzene rings is 2. The van der Waals surface area contributed by atoms with Crippen molar-refractivity contribution < 1.29 is 9.72 Å². The Kier molecular flexibility index (Phi) is 5.49. The Morgan fingerprint density at radius 3 is 2.65 bits per heavy atom. The van der Waals surface area contributed by atoms with Gasteiger partial charge >= 0.3 is 5.95 Å². The number of amides is 1. The van der Waals surface area contributed by atoms with Gasteiger partial charge in [0, 0.05) is 19.9 Å². The summed E-state index contributed by atoms with van der Waals surface area (Å²) < 4.78 is 1.11. The molecule has 1 heterocycles. The Balaban J connectivity index is 1.69. The van der Waals surface area contributed by atoms with Crippen molar-refractivity contribution in [2.24, 2.45) is 0 Å². The number of nitrogens with one attached hydrogen (secondary N) is 1. The van der Waals surface area contributed by atoms with Gasteiger partial charge < -0.3 is 15.4 Å². The minimum absolute atomic E-state index is 0.180. The number of nitro groups is 1. The van der Waals surface area contributed by atoms with Gasteiger partial charge in [-0.05, 0) is 41.3 Å². The third-order valence-electron chi connectivity index (χ3n) is 3.20. The summed E-state index contributed by atoms with van der Waals surface area (Å²) in [6.45, 7) is -0.180. The molecule has 8 nitrogen and oxygen atoms in total. The molecule has 0 aliphatic carbocycles. The van der Waals surface area contributed by atoms with E-state index < -0.39 is 10.9 Å². The van der Waals surface area contributed by atoms with Gasteiger partial charge in [-0.1, -0.05) is 40.5 Å². The normalized spacial score (nSPS) is 10.5. The fourth-order valence-corrected chi connectivity index (χ4v) is 3.10. The molecule has 0 fully saturated rings. The molecule has 0 aliphatic rings. The second-order valence-electron chi connectivity index (χ2n) is 5.10. The van der Waals surface area contributed by atoms with Crippen LogP contribution in [0.5, 0.6) is 0 Å². The first-order valence-electron chi connectivity index (χ1n) is 7.37. The van der Waals surface area contributed by atoms with Crippen LogP contribution in [0.2, 0.25) is 5.02 Å². The summed E-state index contributed by atoms with van der Waals surface area (Å²) in [6.07, 6.45) is 1.14. The van der Waals surface area contributed by atoms with Gasteiger partial charge in [-0.15, -0.1) is 0 Å². The molecule has 26 heavy (non-hydrogen) atoms. The first-order valence-corrected chi connectivity index (χ1v) is 8.57. The Morgan fingerprint density at radius 1 is 1.23 bits per heavy atom. The van der Waals surface area contributed by atoms with Gasteiger partial charge in [0.25, 0.3) is 0 Å². The SMILES string of the molecule is O=C(Cn1cnc([N+](=O)[O-])n1)Nc1ccccc1Sc1ccc(Cl)cc1. The van der Waals surface area contributed by atoms with Crippen molar-refractivity contribution in [3.63, 3.8) is 0 Å². The van der Waals surface area contributed by atoms with Crippen molar-refractivity contribution in [1.82, 2.24) is 14.8 Å². The van der Waals surface area contributed by atoms with Gasteiger partial charge in [0.05, 0.1) is 5.69 Å². The maximum Gasteiger partial charge on any atom is 0.490 e. The molecule has 0 saturated heterocycles. The van der Waals surface area contributed by atoms with Gasteiger partial charge in [-0.3, -0.25) is 4.79 Å². The lowest BCUT2D eigenvalue weighted by Crippen LogP contribution is -2.19. The van der Waals surface area contributed by atoms with Crippen LogP contribution in [0.3, 0.4) is 0 Å². The molecule has 1 aromatic heterocycles. The Labute approximate surface area is 157 Å². The van der Waals surface area contributed by atoms with E-state index in [0.29, 0.717) is 10.7 Å². The van der Waals surface area contributed by atoms with E-state index in [9.17, 15) is 14.9 Å². The van der Waals surface area contributed by atoms with E-state index in [1.54, 1.807) is 18.2 Å². The Bertz CT molecular complexity index is 945. The second kappa shape index (κ2) is 7.98. The number of anilines is 1. The van der Waals surface area contributed by atoms with E-state index in [1.165, 1.54) is 11.8 Å². The second-order valence-corrected chi connectivity index (χ2v) is 6.65. The van der Waals surface area contributed by atoms with Gasteiger partial charge in [-0.2, -0.15) is 4.68 Å². The van der Waals surface area contributed by atoms with Crippen LogP contribution in [0.1, 0.15) is 0 Å². The number of carbonyl (C=O) groups is 1. The first kappa shape index (κ1) is 17.9. The summed E-state index contributed by atoms with van der Waals surface area (Å²) in [5.41, 5.74) is 0.632. The van der Waals surface area contributed by atoms with Gasteiger partial charge in [-0.25, -0.2) is 0 Å². The van der Waals surface area contributed by atoms with Crippen LogP contribution in [-0.4, -0.2) is 25.6 Å². The summed E-state index contributed by atoms with van der Waals surface area (Å²) in [4.78, 5) is 27.4. The van der Waals surface area contributed by atoms with Crippen LogP contribution in [0.15, 0.2) is 64.6 Å². The molecule has 2 aromatic carbocycles. The highest BCUT2D eigenvalue weighted by molar-refractivity contribution is 7.99. The molecule has 3 aromatic rings. The monoisotopic (exact) mass is 389 g/mol. The summed E-state index contributed by atoms with van der Waals surface area (Å²) in [5.74, 6) is -0.912. The van der Waals surface area contributed by atoms with Crippen molar-refractivity contribution in [3.8, 4) is 0 Å². The molecular weight excluding hydrogens is 378 g/mol. The van der Waals surface area contributed by atoms with E-state index in [-0.39, 0.29) is 12.5 Å². The van der Waals surface area contributed by atoms with E-state index in [4.69, 9.17) is 11.6 Å². The van der Waals surface area contributed by atoms with Gasteiger partial charge in [0.15, 0.2) is 0 Å². The van der Waals surface area contributed by atoms with Crippen LogP contribution in [0, 0.1) is 10.1 Å². The van der Waals surface area contributed by atoms with Crippen molar-refractivity contribution >= 4 is 40.9 Å². The first-order chi connectivity index (χ1) is 12.5. The zero-order valence-electron chi connectivity index (χ0n) is 13.2. The molecule has 132 valence electrons. The van der Waals surface area contributed by atoms with Gasteiger partial charge in [0.2, 0.25) is 12.2 Å². The minimum Gasteiger partial charge on any atom is -0.390 e. The largest absolute Gasteiger partial charge is 0.490 e. The minimum atomic E-state index is -0.716. The summed E-state index contributed by atoms with van der Waals surface area (Å²) in [6, 6.07) is 14.7. The number of hydrogen-bond donors (Lipinski definition) is 1. The zero-order chi connectivity index (χ0) is 18.5. The number of nitrogens with zero attached hydrogens (tertiary/aromatic N) is 4. The molecule has 0 spiro atoms. The molecule has 1 amide bonds. The average molecular weight is 390 g/mol. The quantitative estimate of drug-likeness (QED) is 0.510. The topological polar surface area (TPSA) is 103 Å². The number of aromatic nitrogens is 3. The van der Waals surface area contributed by atoms with E-state index in [1.807, 2.05) is 30.3 Å². The van der Waals surface area contributed by atoms with Crippen molar-refractivity contribution in [2.45, 2.75) is 16.3 Å². The number of rotatable bonds is 6. The molecule has 0 saturated carbocycles. The molecular formula is C16H12ClN5O3S. The van der Waals surface area contributed by atoms with Crippen LogP contribution in [0.25, 0.3) is 0 Å². The number of para-hydroxylation sites is 1. The van der Waals surface area contributed by atoms with E-state index >= 15 is 0 Å². The highest BCUT2D eigenvalue weighted by Crippen LogP contribution is 2.33. The molecule has 0 bridgehead atoms. The molecule has 3 rings (SSSR count). The van der Waals surface area contributed by atoms with Crippen molar-refractivity contribution in [2.75, 3.05) is 5.32 Å². The van der Waals surface area contributed by atoms with E-state index in [2.05, 4.69) is 15.4 Å². The van der Waals surface area contributed by atoms with Crippen molar-refractivity contribution in [3.05, 3.63) is 70.0 Å². The molecule has 10 heteroatoms.